The van der Waals surface area contributed by atoms with E-state index in [1.807, 2.05) is 0 Å². The molecule has 1 unspecified atom stereocenters. The number of hydrogen-bond donors (Lipinski definition) is 0. The van der Waals surface area contributed by atoms with E-state index in [-0.39, 0.29) is 0 Å². The summed E-state index contributed by atoms with van der Waals surface area (Å²) in [6, 6.07) is 1.45. The smallest absolute Gasteiger partial charge is 0.207 e. The van der Waals surface area contributed by atoms with E-state index in [4.69, 9.17) is 11.6 Å². The monoisotopic (exact) mass is 362 g/mol. The molecule has 0 radical (unpaired) electrons. The summed E-state index contributed by atoms with van der Waals surface area (Å²) in [6.07, 6.45) is -20.3. The van der Waals surface area contributed by atoms with Gasteiger partial charge in [0.25, 0.3) is 5.41 Å². The van der Waals surface area contributed by atoms with E-state index in [9.17, 15) is 43.9 Å². The van der Waals surface area contributed by atoms with Crippen molar-refractivity contribution in [2.24, 2.45) is 5.41 Å². The Morgan fingerprint density at radius 3 is 1.27 bits per heavy atom. The second kappa shape index (κ2) is 5.47. The summed E-state index contributed by atoms with van der Waals surface area (Å²) in [5.74, 6) is -1.07. The molecule has 1 rings (SSSR count). The fourth-order valence-corrected chi connectivity index (χ4v) is 2.31. The van der Waals surface area contributed by atoms with Gasteiger partial charge in [-0.1, -0.05) is 12.1 Å². The van der Waals surface area contributed by atoms with Crippen LogP contribution in [0.5, 0.6) is 0 Å². The van der Waals surface area contributed by atoms with Gasteiger partial charge >= 0.3 is 18.5 Å². The Morgan fingerprint density at radius 2 is 1.00 bits per heavy atom. The highest BCUT2D eigenvalue weighted by Crippen LogP contribution is 2.66. The summed E-state index contributed by atoms with van der Waals surface area (Å²) >= 11 is 4.95. The first-order valence-electron chi connectivity index (χ1n) is 5.26. The maximum atomic E-state index is 12.8. The molecule has 0 nitrogen and oxygen atoms in total. The van der Waals surface area contributed by atoms with Gasteiger partial charge in [-0.05, 0) is 17.7 Å². The summed E-state index contributed by atoms with van der Waals surface area (Å²) in [5.41, 5.74) is -7.36. The number of hydrogen-bond acceptors (Lipinski definition) is 0. The van der Waals surface area contributed by atoms with Gasteiger partial charge in [-0.15, -0.1) is 11.6 Å². The lowest BCUT2D eigenvalue weighted by Crippen LogP contribution is -2.61. The van der Waals surface area contributed by atoms with Gasteiger partial charge < -0.3 is 0 Å². The predicted octanol–water partition coefficient (Wildman–Crippen LogP) is 5.78. The van der Waals surface area contributed by atoms with Crippen molar-refractivity contribution < 1.29 is 43.9 Å². The maximum Gasteiger partial charge on any atom is 0.413 e. The Hall–Kier alpha value is -1.19. The Bertz CT molecular complexity index is 474. The highest BCUT2D eigenvalue weighted by molar-refractivity contribution is 6.21. The van der Waals surface area contributed by atoms with Gasteiger partial charge in [-0.25, -0.2) is 4.39 Å². The molecular formula is C11H5ClF10. The van der Waals surface area contributed by atoms with Crippen molar-refractivity contribution in [1.82, 2.24) is 0 Å². The molecule has 0 aliphatic heterocycles. The molecule has 0 N–H and O–H groups in total. The zero-order valence-corrected chi connectivity index (χ0v) is 10.8. The summed E-state index contributed by atoms with van der Waals surface area (Å²) in [6.45, 7) is 0. The number of benzene rings is 1. The summed E-state index contributed by atoms with van der Waals surface area (Å²) in [5, 5.41) is -3.58. The minimum absolute atomic E-state index is 0.324. The molecule has 0 saturated heterocycles. The Kier molecular flexibility index (Phi) is 4.69. The second-order valence-electron chi connectivity index (χ2n) is 4.22. The standard InChI is InChI=1S/C11H5ClF10/c12-7(5-1-3-6(13)4-2-5)8(9(14,15)16,10(17,18)19)11(20,21)22/h1-4,7H. The number of rotatable bonds is 2. The van der Waals surface area contributed by atoms with E-state index < -0.39 is 40.7 Å². The van der Waals surface area contributed by atoms with E-state index in [2.05, 4.69) is 0 Å². The highest BCUT2D eigenvalue weighted by atomic mass is 35.5. The first-order valence-corrected chi connectivity index (χ1v) is 5.69. The SMILES string of the molecule is Fc1ccc(C(Cl)C(C(F)(F)F)(C(F)(F)F)C(F)(F)F)cc1. The summed E-state index contributed by atoms with van der Waals surface area (Å²) in [7, 11) is 0. The normalized spacial score (nSPS) is 15.8. The van der Waals surface area contributed by atoms with Gasteiger partial charge in [0.05, 0.1) is 5.38 Å². The van der Waals surface area contributed by atoms with Crippen LogP contribution in [-0.4, -0.2) is 18.5 Å². The van der Waals surface area contributed by atoms with Crippen molar-refractivity contribution in [1.29, 1.82) is 0 Å². The molecule has 1 aromatic carbocycles. The molecule has 0 heterocycles. The van der Waals surface area contributed by atoms with Crippen LogP contribution < -0.4 is 0 Å². The van der Waals surface area contributed by atoms with Crippen LogP contribution in [0, 0.1) is 11.2 Å². The predicted molar refractivity (Wildman–Crippen MR) is 55.6 cm³/mol. The van der Waals surface area contributed by atoms with E-state index in [1.54, 1.807) is 0 Å². The third-order valence-electron chi connectivity index (χ3n) is 2.88. The van der Waals surface area contributed by atoms with Crippen LogP contribution in [0.2, 0.25) is 0 Å². The van der Waals surface area contributed by atoms with Crippen molar-refractivity contribution in [3.05, 3.63) is 35.6 Å². The fourth-order valence-electron chi connectivity index (χ4n) is 1.79. The number of halogens is 11. The maximum absolute atomic E-state index is 12.8. The summed E-state index contributed by atoms with van der Waals surface area (Å²) < 4.78 is 128. The van der Waals surface area contributed by atoms with Gasteiger partial charge in [0.15, 0.2) is 0 Å². The first-order chi connectivity index (χ1) is 9.66. The van der Waals surface area contributed by atoms with Crippen LogP contribution >= 0.6 is 11.6 Å². The van der Waals surface area contributed by atoms with Crippen molar-refractivity contribution >= 4 is 11.6 Å². The zero-order chi connectivity index (χ0) is 17.6. The Labute approximate surface area is 121 Å². The molecule has 1 atom stereocenters. The van der Waals surface area contributed by atoms with Crippen LogP contribution in [-0.2, 0) is 0 Å². The Balaban J connectivity index is 3.66. The minimum atomic E-state index is -6.77. The summed E-state index contributed by atoms with van der Waals surface area (Å²) in [4.78, 5) is 0. The molecule has 0 aliphatic carbocycles. The first kappa shape index (κ1) is 18.9. The van der Waals surface area contributed by atoms with Crippen molar-refractivity contribution in [2.45, 2.75) is 23.9 Å². The van der Waals surface area contributed by atoms with E-state index >= 15 is 0 Å². The lowest BCUT2D eigenvalue weighted by atomic mass is 9.78. The van der Waals surface area contributed by atoms with Crippen molar-refractivity contribution in [3.63, 3.8) is 0 Å². The average Bonchev–Trinajstić information content (AvgIpc) is 2.23. The molecule has 126 valence electrons. The molecule has 0 aliphatic rings. The van der Waals surface area contributed by atoms with Crippen LogP contribution in [0.25, 0.3) is 0 Å². The van der Waals surface area contributed by atoms with Crippen LogP contribution in [0.1, 0.15) is 10.9 Å². The van der Waals surface area contributed by atoms with Crippen LogP contribution in [0.15, 0.2) is 24.3 Å². The number of alkyl halides is 10. The van der Waals surface area contributed by atoms with Crippen molar-refractivity contribution in [2.75, 3.05) is 0 Å². The second-order valence-corrected chi connectivity index (χ2v) is 4.65. The van der Waals surface area contributed by atoms with Gasteiger partial charge in [-0.2, -0.15) is 39.5 Å². The van der Waals surface area contributed by atoms with Crippen LogP contribution in [0.4, 0.5) is 43.9 Å². The van der Waals surface area contributed by atoms with Gasteiger partial charge in [0.1, 0.15) is 5.82 Å². The lowest BCUT2D eigenvalue weighted by Gasteiger charge is -2.41. The molecular weight excluding hydrogens is 358 g/mol. The largest absolute Gasteiger partial charge is 0.413 e. The highest BCUT2D eigenvalue weighted by Gasteiger charge is 2.86. The van der Waals surface area contributed by atoms with E-state index in [0.717, 1.165) is 0 Å². The minimum Gasteiger partial charge on any atom is -0.207 e. The molecule has 0 amide bonds. The molecule has 0 saturated carbocycles. The Morgan fingerprint density at radius 1 is 0.682 bits per heavy atom. The zero-order valence-electron chi connectivity index (χ0n) is 10.0. The van der Waals surface area contributed by atoms with E-state index in [0.29, 0.717) is 24.3 Å². The topological polar surface area (TPSA) is 0 Å². The molecule has 11 heteroatoms. The fraction of sp³-hybridized carbons (Fsp3) is 0.455. The van der Waals surface area contributed by atoms with Gasteiger partial charge in [0, 0.05) is 0 Å². The molecule has 0 spiro atoms. The molecule has 0 aromatic heterocycles. The van der Waals surface area contributed by atoms with Crippen molar-refractivity contribution in [3.8, 4) is 0 Å². The molecule has 1 aromatic rings. The van der Waals surface area contributed by atoms with E-state index in [1.165, 1.54) is 0 Å². The van der Waals surface area contributed by atoms with Crippen LogP contribution in [0.3, 0.4) is 0 Å². The average molecular weight is 363 g/mol. The quantitative estimate of drug-likeness (QED) is 0.462. The third-order valence-corrected chi connectivity index (χ3v) is 3.46. The third kappa shape index (κ3) is 2.84. The lowest BCUT2D eigenvalue weighted by molar-refractivity contribution is -0.428. The molecule has 22 heavy (non-hydrogen) atoms. The molecule has 0 fully saturated rings. The van der Waals surface area contributed by atoms with Gasteiger partial charge in [0.2, 0.25) is 0 Å². The molecule has 0 bridgehead atoms. The van der Waals surface area contributed by atoms with Gasteiger partial charge in [-0.3, -0.25) is 0 Å².